The second kappa shape index (κ2) is 8.97. The fourth-order valence-corrected chi connectivity index (χ4v) is 2.40. The molecule has 132 valence electrons. The first kappa shape index (κ1) is 17.9. The topological polar surface area (TPSA) is 61.3 Å². The molecule has 0 unspecified atom stereocenters. The molecule has 0 spiro atoms. The maximum atomic E-state index is 11.9. The Kier molecular flexibility index (Phi) is 6.17. The van der Waals surface area contributed by atoms with Crippen LogP contribution in [0.4, 0.5) is 0 Å². The van der Waals surface area contributed by atoms with Gasteiger partial charge in [-0.3, -0.25) is 4.79 Å². The zero-order valence-corrected chi connectivity index (χ0v) is 14.7. The van der Waals surface area contributed by atoms with E-state index in [0.717, 1.165) is 11.1 Å². The number of rotatable bonds is 7. The molecule has 6 heteroatoms. The van der Waals surface area contributed by atoms with Crippen LogP contribution in [-0.4, -0.2) is 15.9 Å². The highest BCUT2D eigenvalue weighted by atomic mass is 35.5. The molecule has 3 rings (SSSR count). The fraction of sp³-hybridized carbons (Fsp3) is 0.150. The average Bonchev–Trinajstić information content (AvgIpc) is 2.68. The number of hydrogen-bond donors (Lipinski definition) is 0. The Morgan fingerprint density at radius 3 is 2.50 bits per heavy atom. The molecule has 0 saturated carbocycles. The van der Waals surface area contributed by atoms with Crippen LogP contribution in [0.15, 0.2) is 67.3 Å². The van der Waals surface area contributed by atoms with E-state index in [2.05, 4.69) is 9.97 Å². The standard InChI is InChI=1S/C20H17ClN2O3/c21-17-5-7-18(8-6-17)26-19-3-1-2-15(10-19)13-25-20(24)9-4-16-11-22-14-23-12-16/h1-3,5-8,10-12,14H,4,9,13H2. The van der Waals surface area contributed by atoms with Crippen molar-refractivity contribution < 1.29 is 14.3 Å². The summed E-state index contributed by atoms with van der Waals surface area (Å²) in [6, 6.07) is 14.5. The van der Waals surface area contributed by atoms with Gasteiger partial charge in [0.05, 0.1) is 0 Å². The van der Waals surface area contributed by atoms with Crippen LogP contribution in [-0.2, 0) is 22.6 Å². The van der Waals surface area contributed by atoms with E-state index >= 15 is 0 Å². The van der Waals surface area contributed by atoms with Gasteiger partial charge in [0.25, 0.3) is 0 Å². The van der Waals surface area contributed by atoms with Crippen molar-refractivity contribution in [2.24, 2.45) is 0 Å². The van der Waals surface area contributed by atoms with Gasteiger partial charge in [0.2, 0.25) is 0 Å². The summed E-state index contributed by atoms with van der Waals surface area (Å²) >= 11 is 5.86. The lowest BCUT2D eigenvalue weighted by atomic mass is 10.2. The molecule has 0 aliphatic rings. The van der Waals surface area contributed by atoms with Crippen LogP contribution in [0.1, 0.15) is 17.5 Å². The number of benzene rings is 2. The van der Waals surface area contributed by atoms with Crippen LogP contribution in [0.2, 0.25) is 5.02 Å². The largest absolute Gasteiger partial charge is 0.461 e. The summed E-state index contributed by atoms with van der Waals surface area (Å²) < 4.78 is 11.1. The van der Waals surface area contributed by atoms with Crippen LogP contribution in [0.5, 0.6) is 11.5 Å². The Bertz CT molecular complexity index is 854. The highest BCUT2D eigenvalue weighted by Gasteiger charge is 2.06. The highest BCUT2D eigenvalue weighted by Crippen LogP contribution is 2.24. The first-order valence-corrected chi connectivity index (χ1v) is 8.49. The van der Waals surface area contributed by atoms with Gasteiger partial charge >= 0.3 is 5.97 Å². The van der Waals surface area contributed by atoms with Gasteiger partial charge < -0.3 is 9.47 Å². The van der Waals surface area contributed by atoms with Crippen molar-refractivity contribution >= 4 is 17.6 Å². The zero-order valence-electron chi connectivity index (χ0n) is 14.0. The van der Waals surface area contributed by atoms with Crippen LogP contribution in [0.25, 0.3) is 0 Å². The predicted molar refractivity (Wildman–Crippen MR) is 98.1 cm³/mol. The maximum absolute atomic E-state index is 11.9. The van der Waals surface area contributed by atoms with Gasteiger partial charge in [0, 0.05) is 23.8 Å². The zero-order chi connectivity index (χ0) is 18.2. The molecule has 3 aromatic rings. The second-order valence-corrected chi connectivity index (χ2v) is 6.05. The minimum atomic E-state index is -0.266. The number of hydrogen-bond acceptors (Lipinski definition) is 5. The molecule has 0 radical (unpaired) electrons. The number of carbonyl (C=O) groups excluding carboxylic acids is 1. The minimum absolute atomic E-state index is 0.196. The molecule has 0 aliphatic carbocycles. The van der Waals surface area contributed by atoms with E-state index in [4.69, 9.17) is 21.1 Å². The van der Waals surface area contributed by atoms with Gasteiger partial charge in [-0.25, -0.2) is 9.97 Å². The van der Waals surface area contributed by atoms with Gasteiger partial charge in [0.1, 0.15) is 24.4 Å². The van der Waals surface area contributed by atoms with Crippen molar-refractivity contribution in [3.8, 4) is 11.5 Å². The Morgan fingerprint density at radius 2 is 1.73 bits per heavy atom. The molecule has 0 saturated heterocycles. The summed E-state index contributed by atoms with van der Waals surface area (Å²) in [6.07, 6.45) is 5.68. The van der Waals surface area contributed by atoms with E-state index in [1.54, 1.807) is 36.7 Å². The number of carbonyl (C=O) groups is 1. The second-order valence-electron chi connectivity index (χ2n) is 5.61. The monoisotopic (exact) mass is 368 g/mol. The third-order valence-corrected chi connectivity index (χ3v) is 3.83. The Labute approximate surface area is 156 Å². The van der Waals surface area contributed by atoms with E-state index in [9.17, 15) is 4.79 Å². The SMILES string of the molecule is O=C(CCc1cncnc1)OCc1cccc(Oc2ccc(Cl)cc2)c1. The van der Waals surface area contributed by atoms with Crippen molar-refractivity contribution in [1.82, 2.24) is 9.97 Å². The first-order valence-electron chi connectivity index (χ1n) is 8.11. The van der Waals surface area contributed by atoms with Crippen molar-refractivity contribution in [2.75, 3.05) is 0 Å². The summed E-state index contributed by atoms with van der Waals surface area (Å²) in [5, 5.41) is 0.653. The molecule has 1 heterocycles. The van der Waals surface area contributed by atoms with Crippen molar-refractivity contribution in [1.29, 1.82) is 0 Å². The van der Waals surface area contributed by atoms with Crippen molar-refractivity contribution in [3.63, 3.8) is 0 Å². The third-order valence-electron chi connectivity index (χ3n) is 3.58. The lowest BCUT2D eigenvalue weighted by Gasteiger charge is -2.09. The van der Waals surface area contributed by atoms with Crippen LogP contribution < -0.4 is 4.74 Å². The van der Waals surface area contributed by atoms with Crippen LogP contribution in [0, 0.1) is 0 Å². The lowest BCUT2D eigenvalue weighted by molar-refractivity contribution is -0.144. The summed E-state index contributed by atoms with van der Waals surface area (Å²) in [4.78, 5) is 19.7. The summed E-state index contributed by atoms with van der Waals surface area (Å²) in [7, 11) is 0. The number of aromatic nitrogens is 2. The highest BCUT2D eigenvalue weighted by molar-refractivity contribution is 6.30. The smallest absolute Gasteiger partial charge is 0.306 e. The molecule has 0 amide bonds. The maximum Gasteiger partial charge on any atom is 0.306 e. The fourth-order valence-electron chi connectivity index (χ4n) is 2.28. The molecule has 1 aromatic heterocycles. The van der Waals surface area contributed by atoms with Crippen molar-refractivity contribution in [2.45, 2.75) is 19.4 Å². The molecule has 5 nitrogen and oxygen atoms in total. The van der Waals surface area contributed by atoms with E-state index in [1.165, 1.54) is 6.33 Å². The number of aryl methyl sites for hydroxylation is 1. The van der Waals surface area contributed by atoms with Gasteiger partial charge in [-0.15, -0.1) is 0 Å². The molecular weight excluding hydrogens is 352 g/mol. The minimum Gasteiger partial charge on any atom is -0.461 e. The molecular formula is C20H17ClN2O3. The summed E-state index contributed by atoms with van der Waals surface area (Å²) in [6.45, 7) is 0.196. The quantitative estimate of drug-likeness (QED) is 0.570. The van der Waals surface area contributed by atoms with Gasteiger partial charge in [-0.2, -0.15) is 0 Å². The lowest BCUT2D eigenvalue weighted by Crippen LogP contribution is -2.06. The third kappa shape index (κ3) is 5.57. The summed E-state index contributed by atoms with van der Waals surface area (Å²) in [5.41, 5.74) is 1.76. The first-order chi connectivity index (χ1) is 12.7. The van der Waals surface area contributed by atoms with E-state index in [0.29, 0.717) is 22.9 Å². The summed E-state index contributed by atoms with van der Waals surface area (Å²) in [5.74, 6) is 1.09. The van der Waals surface area contributed by atoms with Gasteiger partial charge in [-0.1, -0.05) is 23.7 Å². The molecule has 0 aliphatic heterocycles. The van der Waals surface area contributed by atoms with Crippen molar-refractivity contribution in [3.05, 3.63) is 83.4 Å². The van der Waals surface area contributed by atoms with E-state index in [-0.39, 0.29) is 19.0 Å². The number of halogens is 1. The van der Waals surface area contributed by atoms with E-state index in [1.807, 2.05) is 24.3 Å². The Morgan fingerprint density at radius 1 is 0.962 bits per heavy atom. The average molecular weight is 369 g/mol. The molecule has 0 bridgehead atoms. The predicted octanol–water partition coefficient (Wildman–Crippen LogP) is 4.60. The molecule has 0 fully saturated rings. The van der Waals surface area contributed by atoms with Crippen LogP contribution in [0.3, 0.4) is 0 Å². The van der Waals surface area contributed by atoms with Gasteiger partial charge in [-0.05, 0) is 53.9 Å². The van der Waals surface area contributed by atoms with Gasteiger partial charge in [0.15, 0.2) is 0 Å². The normalized spacial score (nSPS) is 10.3. The number of ether oxygens (including phenoxy) is 2. The van der Waals surface area contributed by atoms with Crippen LogP contribution >= 0.6 is 11.6 Å². The molecule has 26 heavy (non-hydrogen) atoms. The number of esters is 1. The Hall–Kier alpha value is -2.92. The molecule has 2 aromatic carbocycles. The molecule has 0 atom stereocenters. The molecule has 0 N–H and O–H groups in total. The van der Waals surface area contributed by atoms with E-state index < -0.39 is 0 Å². The number of nitrogens with zero attached hydrogens (tertiary/aromatic N) is 2. The Balaban J connectivity index is 1.50.